The van der Waals surface area contributed by atoms with Gasteiger partial charge in [-0.3, -0.25) is 0 Å². The Kier molecular flexibility index (Phi) is 5.12. The molecule has 0 bridgehead atoms. The second-order valence-electron chi connectivity index (χ2n) is 5.58. The fourth-order valence-corrected chi connectivity index (χ4v) is 3.35. The van der Waals surface area contributed by atoms with Gasteiger partial charge in [0.25, 0.3) is 0 Å². The highest BCUT2D eigenvalue weighted by molar-refractivity contribution is 6.33. The molecule has 1 atom stereocenters. The van der Waals surface area contributed by atoms with Gasteiger partial charge in [0.05, 0.1) is 10.7 Å². The Hall–Kier alpha value is -0.730. The third-order valence-corrected chi connectivity index (χ3v) is 4.47. The predicted molar refractivity (Wildman–Crippen MR) is 83.9 cm³/mol. The maximum atomic E-state index is 6.47. The molecule has 1 aromatic rings. The summed E-state index contributed by atoms with van der Waals surface area (Å²) in [7, 11) is 0. The van der Waals surface area contributed by atoms with Crippen molar-refractivity contribution in [3.05, 3.63) is 28.8 Å². The molecule has 0 heterocycles. The van der Waals surface area contributed by atoms with Crippen molar-refractivity contribution in [3.63, 3.8) is 0 Å². The zero-order chi connectivity index (χ0) is 13.8. The van der Waals surface area contributed by atoms with Crippen LogP contribution in [0.15, 0.2) is 18.2 Å². The van der Waals surface area contributed by atoms with Gasteiger partial charge in [0.2, 0.25) is 0 Å². The Morgan fingerprint density at radius 3 is 2.53 bits per heavy atom. The number of rotatable bonds is 4. The molecule has 0 saturated heterocycles. The zero-order valence-electron chi connectivity index (χ0n) is 12.0. The van der Waals surface area contributed by atoms with Crippen molar-refractivity contribution >= 4 is 17.3 Å². The first-order valence-corrected chi connectivity index (χ1v) is 7.83. The predicted octanol–water partition coefficient (Wildman–Crippen LogP) is 4.52. The molecule has 0 aromatic heterocycles. The molecule has 1 aliphatic rings. The summed E-state index contributed by atoms with van der Waals surface area (Å²) in [6.45, 7) is 5.22. The van der Waals surface area contributed by atoms with E-state index >= 15 is 0 Å². The van der Waals surface area contributed by atoms with Crippen LogP contribution in [0.2, 0.25) is 5.02 Å². The summed E-state index contributed by atoms with van der Waals surface area (Å²) < 4.78 is 0. The lowest BCUT2D eigenvalue weighted by Gasteiger charge is -2.36. The van der Waals surface area contributed by atoms with Crippen molar-refractivity contribution in [2.75, 3.05) is 11.4 Å². The first-order chi connectivity index (χ1) is 9.13. The first-order valence-electron chi connectivity index (χ1n) is 7.45. The van der Waals surface area contributed by atoms with Gasteiger partial charge >= 0.3 is 0 Å². The van der Waals surface area contributed by atoms with Gasteiger partial charge in [-0.2, -0.15) is 0 Å². The van der Waals surface area contributed by atoms with Crippen molar-refractivity contribution in [1.29, 1.82) is 0 Å². The average molecular weight is 281 g/mol. The van der Waals surface area contributed by atoms with Crippen LogP contribution in [-0.4, -0.2) is 12.6 Å². The van der Waals surface area contributed by atoms with Gasteiger partial charge in [-0.25, -0.2) is 0 Å². The van der Waals surface area contributed by atoms with Crippen molar-refractivity contribution in [3.8, 4) is 0 Å². The fourth-order valence-electron chi connectivity index (χ4n) is 3.06. The summed E-state index contributed by atoms with van der Waals surface area (Å²) in [6.07, 6.45) is 6.65. The van der Waals surface area contributed by atoms with Crippen LogP contribution in [0.4, 0.5) is 5.69 Å². The van der Waals surface area contributed by atoms with E-state index in [1.54, 1.807) is 0 Å². The molecule has 0 spiro atoms. The fraction of sp³-hybridized carbons (Fsp3) is 0.625. The van der Waals surface area contributed by atoms with Crippen LogP contribution in [0.1, 0.15) is 57.6 Å². The van der Waals surface area contributed by atoms with Gasteiger partial charge < -0.3 is 10.6 Å². The van der Waals surface area contributed by atoms with E-state index in [4.69, 9.17) is 17.3 Å². The number of nitrogens with two attached hydrogens (primary N) is 1. The molecule has 1 saturated carbocycles. The summed E-state index contributed by atoms with van der Waals surface area (Å²) in [6, 6.07) is 6.96. The van der Waals surface area contributed by atoms with E-state index in [0.717, 1.165) is 17.1 Å². The molecule has 1 unspecified atom stereocenters. The molecule has 1 fully saturated rings. The van der Waals surface area contributed by atoms with E-state index in [0.29, 0.717) is 6.04 Å². The molecule has 3 heteroatoms. The van der Waals surface area contributed by atoms with Crippen LogP contribution < -0.4 is 10.6 Å². The maximum Gasteiger partial charge on any atom is 0.0642 e. The molecule has 0 amide bonds. The largest absolute Gasteiger partial charge is 0.368 e. The van der Waals surface area contributed by atoms with E-state index in [2.05, 4.69) is 24.0 Å². The molecule has 1 aromatic carbocycles. The van der Waals surface area contributed by atoms with E-state index in [-0.39, 0.29) is 6.04 Å². The average Bonchev–Trinajstić information content (AvgIpc) is 2.42. The number of halogens is 1. The SMILES string of the molecule is CCN(c1ccc(C(C)N)cc1Cl)C1CCCCC1. The van der Waals surface area contributed by atoms with Gasteiger partial charge in [-0.1, -0.05) is 36.9 Å². The molecule has 0 radical (unpaired) electrons. The number of hydrogen-bond donors (Lipinski definition) is 1. The van der Waals surface area contributed by atoms with Gasteiger partial charge in [0.1, 0.15) is 0 Å². The quantitative estimate of drug-likeness (QED) is 0.879. The van der Waals surface area contributed by atoms with Crippen LogP contribution >= 0.6 is 11.6 Å². The van der Waals surface area contributed by atoms with E-state index in [9.17, 15) is 0 Å². The number of hydrogen-bond acceptors (Lipinski definition) is 2. The van der Waals surface area contributed by atoms with Crippen LogP contribution in [0.3, 0.4) is 0 Å². The van der Waals surface area contributed by atoms with Crippen molar-refractivity contribution in [2.24, 2.45) is 5.73 Å². The Morgan fingerprint density at radius 1 is 1.32 bits per heavy atom. The summed E-state index contributed by atoms with van der Waals surface area (Å²) in [5.41, 5.74) is 8.18. The minimum Gasteiger partial charge on any atom is -0.368 e. The van der Waals surface area contributed by atoms with Crippen molar-refractivity contribution < 1.29 is 0 Å². The normalized spacial score (nSPS) is 18.3. The Balaban J connectivity index is 2.22. The van der Waals surface area contributed by atoms with E-state index < -0.39 is 0 Å². The highest BCUT2D eigenvalue weighted by atomic mass is 35.5. The van der Waals surface area contributed by atoms with Crippen LogP contribution in [0.5, 0.6) is 0 Å². The second-order valence-corrected chi connectivity index (χ2v) is 5.98. The molecule has 19 heavy (non-hydrogen) atoms. The number of benzene rings is 1. The third-order valence-electron chi connectivity index (χ3n) is 4.16. The Bertz CT molecular complexity index is 411. The highest BCUT2D eigenvalue weighted by Crippen LogP contribution is 2.33. The standard InChI is InChI=1S/C16H25ClN2/c1-3-19(14-7-5-4-6-8-14)16-10-9-13(12(2)18)11-15(16)17/h9-12,14H,3-8,18H2,1-2H3. The minimum absolute atomic E-state index is 0.0382. The van der Waals surface area contributed by atoms with Gasteiger partial charge in [0, 0.05) is 18.6 Å². The topological polar surface area (TPSA) is 29.3 Å². The lowest BCUT2D eigenvalue weighted by Crippen LogP contribution is -2.36. The maximum absolute atomic E-state index is 6.47. The molecular formula is C16H25ClN2. The summed E-state index contributed by atoms with van der Waals surface area (Å²) in [4.78, 5) is 2.46. The van der Waals surface area contributed by atoms with Gasteiger partial charge in [0.15, 0.2) is 0 Å². The highest BCUT2D eigenvalue weighted by Gasteiger charge is 2.22. The minimum atomic E-state index is 0.0382. The molecular weight excluding hydrogens is 256 g/mol. The molecule has 2 nitrogen and oxygen atoms in total. The van der Waals surface area contributed by atoms with Crippen molar-refractivity contribution in [1.82, 2.24) is 0 Å². The Labute approximate surface area is 121 Å². The molecule has 106 valence electrons. The number of nitrogens with zero attached hydrogens (tertiary/aromatic N) is 1. The Morgan fingerprint density at radius 2 is 2.00 bits per heavy atom. The zero-order valence-corrected chi connectivity index (χ0v) is 12.8. The van der Waals surface area contributed by atoms with Crippen LogP contribution in [0.25, 0.3) is 0 Å². The van der Waals surface area contributed by atoms with Gasteiger partial charge in [-0.15, -0.1) is 0 Å². The van der Waals surface area contributed by atoms with E-state index in [1.165, 1.54) is 37.8 Å². The summed E-state index contributed by atoms with van der Waals surface area (Å²) in [5, 5.41) is 0.835. The molecule has 2 rings (SSSR count). The van der Waals surface area contributed by atoms with Crippen LogP contribution in [0, 0.1) is 0 Å². The lowest BCUT2D eigenvalue weighted by molar-refractivity contribution is 0.418. The third kappa shape index (κ3) is 3.43. The summed E-state index contributed by atoms with van der Waals surface area (Å²) >= 11 is 6.47. The van der Waals surface area contributed by atoms with Crippen molar-refractivity contribution in [2.45, 2.75) is 58.0 Å². The molecule has 1 aliphatic carbocycles. The van der Waals surface area contributed by atoms with Gasteiger partial charge in [-0.05, 0) is 44.4 Å². The second kappa shape index (κ2) is 6.62. The lowest BCUT2D eigenvalue weighted by atomic mass is 9.93. The number of anilines is 1. The summed E-state index contributed by atoms with van der Waals surface area (Å²) in [5.74, 6) is 0. The van der Waals surface area contributed by atoms with E-state index in [1.807, 2.05) is 13.0 Å². The molecule has 0 aliphatic heterocycles. The first kappa shape index (κ1) is 14.7. The monoisotopic (exact) mass is 280 g/mol. The molecule has 2 N–H and O–H groups in total. The smallest absolute Gasteiger partial charge is 0.0642 e. The van der Waals surface area contributed by atoms with Crippen LogP contribution in [-0.2, 0) is 0 Å².